The van der Waals surface area contributed by atoms with Crippen LogP contribution in [0.5, 0.6) is 0 Å². The minimum atomic E-state index is -6.36. The van der Waals surface area contributed by atoms with Crippen LogP contribution in [0, 0.1) is 17.3 Å². The molecule has 0 spiro atoms. The predicted molar refractivity (Wildman–Crippen MR) is 102 cm³/mol. The summed E-state index contributed by atoms with van der Waals surface area (Å²) >= 11 is 0. The first-order valence-electron chi connectivity index (χ1n) is 10.3. The number of carbonyl (C=O) groups excluding carboxylic acids is 2. The highest BCUT2D eigenvalue weighted by atomic mass is 32.2. The number of rotatable bonds is 9. The molecule has 2 atom stereocenters. The van der Waals surface area contributed by atoms with Gasteiger partial charge >= 0.3 is 33.2 Å². The number of alkyl halides is 4. The van der Waals surface area contributed by atoms with E-state index < -0.39 is 57.1 Å². The summed E-state index contributed by atoms with van der Waals surface area (Å²) in [6, 6.07) is 0. The lowest BCUT2D eigenvalue weighted by atomic mass is 9.48. The van der Waals surface area contributed by atoms with Crippen molar-refractivity contribution >= 4 is 22.1 Å². The van der Waals surface area contributed by atoms with Crippen LogP contribution in [0.3, 0.4) is 0 Å². The van der Waals surface area contributed by atoms with Gasteiger partial charge in [0.2, 0.25) is 0 Å². The van der Waals surface area contributed by atoms with Gasteiger partial charge in [-0.1, -0.05) is 6.58 Å². The van der Waals surface area contributed by atoms with Crippen molar-refractivity contribution in [2.45, 2.75) is 75.1 Å². The van der Waals surface area contributed by atoms with Gasteiger partial charge in [-0.2, -0.15) is 26.0 Å². The molecular weight excluding hydrogens is 460 g/mol. The van der Waals surface area contributed by atoms with E-state index in [4.69, 9.17) is 14.0 Å². The molecule has 12 heteroatoms. The molecule has 0 aromatic carbocycles. The Morgan fingerprint density at radius 1 is 1.12 bits per heavy atom. The quantitative estimate of drug-likeness (QED) is 0.228. The van der Waals surface area contributed by atoms with Crippen molar-refractivity contribution in [1.29, 1.82) is 0 Å². The molecule has 4 rings (SSSR count). The van der Waals surface area contributed by atoms with Gasteiger partial charge in [0, 0.05) is 17.4 Å². The molecule has 4 aliphatic carbocycles. The summed E-state index contributed by atoms with van der Waals surface area (Å²) in [5.41, 5.74) is -0.934. The largest absolute Gasteiger partial charge is 0.465 e. The summed E-state index contributed by atoms with van der Waals surface area (Å²) < 4.78 is 94.1. The second-order valence-electron chi connectivity index (χ2n) is 9.67. The summed E-state index contributed by atoms with van der Waals surface area (Å²) in [5, 5.41) is -5.72. The van der Waals surface area contributed by atoms with Crippen LogP contribution in [0.15, 0.2) is 12.2 Å². The first-order chi connectivity index (χ1) is 14.5. The lowest BCUT2D eigenvalue weighted by molar-refractivity contribution is -0.208. The monoisotopic (exact) mass is 486 g/mol. The molecule has 4 fully saturated rings. The number of hydrogen-bond acceptors (Lipinski definition) is 6. The smallest absolute Gasteiger partial charge is 0.431 e. The Kier molecular flexibility index (Phi) is 6.21. The lowest BCUT2D eigenvalue weighted by Crippen LogP contribution is -2.58. The molecule has 0 saturated heterocycles. The molecule has 0 heterocycles. The first kappa shape index (κ1) is 24.9. The normalized spacial score (nSPS) is 31.9. The van der Waals surface area contributed by atoms with E-state index in [9.17, 15) is 35.6 Å². The Bertz CT molecular complexity index is 901. The lowest BCUT2D eigenvalue weighted by Gasteiger charge is -2.60. The van der Waals surface area contributed by atoms with E-state index in [-0.39, 0.29) is 24.0 Å². The molecule has 4 aliphatic rings. The third-order valence-corrected chi connectivity index (χ3v) is 7.67. The summed E-state index contributed by atoms with van der Waals surface area (Å²) in [6.45, 7) is 5.00. The van der Waals surface area contributed by atoms with Crippen molar-refractivity contribution in [2.24, 2.45) is 17.3 Å². The Hall–Kier alpha value is -1.69. The molecule has 1 N–H and O–H groups in total. The van der Waals surface area contributed by atoms with Crippen molar-refractivity contribution in [1.82, 2.24) is 0 Å². The fourth-order valence-electron chi connectivity index (χ4n) is 5.84. The van der Waals surface area contributed by atoms with E-state index in [1.807, 2.05) is 0 Å². The van der Waals surface area contributed by atoms with Gasteiger partial charge in [0.25, 0.3) is 0 Å². The average molecular weight is 486 g/mol. The van der Waals surface area contributed by atoms with E-state index in [2.05, 4.69) is 6.58 Å². The standard InChI is InChI=1S/C20H26F4O7S/c1-12(2)16(26)31-18-8-13-5-14(9-18)7-17(6-13,10-18)11-30-15(25)3-4-19(21,22)20(23,24)32(27,28)29/h13-14H,1,3-11H2,2H3,(H,27,28,29). The SMILES string of the molecule is C=C(C)C(=O)OC12CC3CC(CC(COC(=O)CCC(F)(F)C(F)(F)S(=O)(=O)O)(C3)C1)C2. The van der Waals surface area contributed by atoms with Crippen LogP contribution >= 0.6 is 0 Å². The molecular formula is C20H26F4O7S. The molecule has 2 unspecified atom stereocenters. The van der Waals surface area contributed by atoms with Crippen LogP contribution in [0.25, 0.3) is 0 Å². The van der Waals surface area contributed by atoms with Crippen LogP contribution in [-0.4, -0.2) is 48.3 Å². The van der Waals surface area contributed by atoms with Gasteiger partial charge in [-0.25, -0.2) is 4.79 Å². The van der Waals surface area contributed by atoms with Gasteiger partial charge in [0.15, 0.2) is 0 Å². The molecule has 0 amide bonds. The molecule has 4 saturated carbocycles. The minimum Gasteiger partial charge on any atom is -0.465 e. The van der Waals surface area contributed by atoms with Gasteiger partial charge in [0.1, 0.15) is 5.60 Å². The maximum absolute atomic E-state index is 13.6. The van der Waals surface area contributed by atoms with Crippen LogP contribution in [-0.2, 0) is 29.2 Å². The summed E-state index contributed by atoms with van der Waals surface area (Å²) in [7, 11) is -6.36. The van der Waals surface area contributed by atoms with E-state index in [0.717, 1.165) is 6.42 Å². The summed E-state index contributed by atoms with van der Waals surface area (Å²) in [6.07, 6.45) is 1.23. The van der Waals surface area contributed by atoms with Gasteiger partial charge in [-0.3, -0.25) is 9.35 Å². The molecule has 0 aliphatic heterocycles. The van der Waals surface area contributed by atoms with Crippen molar-refractivity contribution < 1.29 is 49.6 Å². The topological polar surface area (TPSA) is 107 Å². The van der Waals surface area contributed by atoms with Gasteiger partial charge in [0.05, 0.1) is 13.0 Å². The maximum atomic E-state index is 13.6. The van der Waals surface area contributed by atoms with Crippen molar-refractivity contribution in [3.8, 4) is 0 Å². The Labute approximate surface area is 183 Å². The van der Waals surface area contributed by atoms with Crippen LogP contribution in [0.2, 0.25) is 0 Å². The summed E-state index contributed by atoms with van der Waals surface area (Å²) in [4.78, 5) is 24.1. The van der Waals surface area contributed by atoms with Gasteiger partial charge < -0.3 is 9.47 Å². The molecule has 0 aromatic rings. The van der Waals surface area contributed by atoms with Gasteiger partial charge in [-0.15, -0.1) is 0 Å². The van der Waals surface area contributed by atoms with E-state index in [1.165, 1.54) is 0 Å². The molecule has 4 bridgehead atoms. The first-order valence-corrected chi connectivity index (χ1v) is 11.7. The van der Waals surface area contributed by atoms with E-state index in [1.54, 1.807) is 6.92 Å². The third kappa shape index (κ3) is 4.66. The Morgan fingerprint density at radius 3 is 2.19 bits per heavy atom. The molecule has 0 radical (unpaired) electrons. The highest BCUT2D eigenvalue weighted by Gasteiger charge is 2.65. The zero-order chi connectivity index (χ0) is 24.2. The predicted octanol–water partition coefficient (Wildman–Crippen LogP) is 3.88. The Morgan fingerprint density at radius 2 is 1.69 bits per heavy atom. The number of ether oxygens (including phenoxy) is 2. The van der Waals surface area contributed by atoms with Crippen LogP contribution < -0.4 is 0 Å². The van der Waals surface area contributed by atoms with E-state index >= 15 is 0 Å². The van der Waals surface area contributed by atoms with Crippen molar-refractivity contribution in [3.63, 3.8) is 0 Å². The Balaban J connectivity index is 1.61. The second-order valence-corrected chi connectivity index (χ2v) is 11.1. The van der Waals surface area contributed by atoms with Crippen LogP contribution in [0.4, 0.5) is 17.6 Å². The number of carbonyl (C=O) groups is 2. The fraction of sp³-hybridized carbons (Fsp3) is 0.800. The number of esters is 2. The van der Waals surface area contributed by atoms with Crippen LogP contribution in [0.1, 0.15) is 58.3 Å². The zero-order valence-corrected chi connectivity index (χ0v) is 18.4. The molecule has 32 heavy (non-hydrogen) atoms. The highest BCUT2D eigenvalue weighted by molar-refractivity contribution is 7.87. The van der Waals surface area contributed by atoms with Crippen molar-refractivity contribution in [2.75, 3.05) is 6.61 Å². The third-order valence-electron chi connectivity index (χ3n) is 6.72. The number of halogens is 4. The molecule has 182 valence electrons. The summed E-state index contributed by atoms with van der Waals surface area (Å²) in [5.74, 6) is -6.32. The molecule has 0 aromatic heterocycles. The number of hydrogen-bond donors (Lipinski definition) is 1. The fourth-order valence-corrected chi connectivity index (χ4v) is 6.32. The van der Waals surface area contributed by atoms with E-state index in [0.29, 0.717) is 32.1 Å². The minimum absolute atomic E-state index is 0.133. The highest BCUT2D eigenvalue weighted by Crippen LogP contribution is 2.63. The average Bonchev–Trinajstić information content (AvgIpc) is 2.62. The molecule has 7 nitrogen and oxygen atoms in total. The second kappa shape index (κ2) is 7.96. The maximum Gasteiger partial charge on any atom is 0.431 e. The van der Waals surface area contributed by atoms with Crippen molar-refractivity contribution in [3.05, 3.63) is 12.2 Å². The zero-order valence-electron chi connectivity index (χ0n) is 17.5. The van der Waals surface area contributed by atoms with Gasteiger partial charge in [-0.05, 0) is 57.3 Å².